The molecule has 3 fully saturated rings. The zero-order valence-electron chi connectivity index (χ0n) is 21.8. The van der Waals surface area contributed by atoms with Crippen LogP contribution in [-0.4, -0.2) is 77.1 Å². The lowest BCUT2D eigenvalue weighted by molar-refractivity contribution is -0.157. The van der Waals surface area contributed by atoms with Crippen molar-refractivity contribution >= 4 is 33.8 Å². The number of sulfonamides is 1. The van der Waals surface area contributed by atoms with Gasteiger partial charge in [-0.1, -0.05) is 18.6 Å². The lowest BCUT2D eigenvalue weighted by atomic mass is 9.92. The summed E-state index contributed by atoms with van der Waals surface area (Å²) < 4.78 is 34.5. The Bertz CT molecular complexity index is 1200. The Labute approximate surface area is 227 Å². The maximum Gasteiger partial charge on any atom is 0.405 e. The van der Waals surface area contributed by atoms with Crippen molar-refractivity contribution in [2.24, 2.45) is 17.4 Å². The summed E-state index contributed by atoms with van der Waals surface area (Å²) in [5.41, 5.74) is 8.81. The lowest BCUT2D eigenvalue weighted by Gasteiger charge is -2.38. The van der Waals surface area contributed by atoms with E-state index in [1.54, 1.807) is 6.08 Å². The number of carbonyl (C=O) groups is 4. The summed E-state index contributed by atoms with van der Waals surface area (Å²) in [5.74, 6) is -3.41. The molecule has 0 radical (unpaired) electrons. The third kappa shape index (κ3) is 5.34. The van der Waals surface area contributed by atoms with E-state index in [0.717, 1.165) is 11.3 Å². The molecule has 4 unspecified atom stereocenters. The maximum atomic E-state index is 14.1. The van der Waals surface area contributed by atoms with Gasteiger partial charge < -0.3 is 26.4 Å². The van der Waals surface area contributed by atoms with Gasteiger partial charge in [-0.25, -0.2) is 13.2 Å². The summed E-state index contributed by atoms with van der Waals surface area (Å²) in [4.78, 5) is 51.3. The number of nitrogens with two attached hydrogens (primary N) is 2. The van der Waals surface area contributed by atoms with Crippen LogP contribution in [0.3, 0.4) is 0 Å². The van der Waals surface area contributed by atoms with Gasteiger partial charge in [-0.3, -0.25) is 14.4 Å². The molecular weight excluding hydrogens is 528 g/mol. The Morgan fingerprint density at radius 3 is 2.56 bits per heavy atom. The molecule has 214 valence electrons. The highest BCUT2D eigenvalue weighted by Gasteiger charge is 2.69. The van der Waals surface area contributed by atoms with Crippen molar-refractivity contribution in [1.29, 1.82) is 5.26 Å². The van der Waals surface area contributed by atoms with Crippen molar-refractivity contribution in [3.05, 3.63) is 12.2 Å². The number of ether oxygens (including phenoxy) is 1. The second-order valence-corrected chi connectivity index (χ2v) is 12.9. The third-order valence-corrected chi connectivity index (χ3v) is 10.7. The van der Waals surface area contributed by atoms with E-state index in [1.807, 2.05) is 12.1 Å². The molecule has 4 rings (SSSR count). The number of nitrogens with one attached hydrogen (secondary N) is 1. The van der Waals surface area contributed by atoms with Gasteiger partial charge in [-0.15, -0.1) is 0 Å². The number of amides is 4. The fourth-order valence-corrected chi connectivity index (χ4v) is 8.25. The van der Waals surface area contributed by atoms with Crippen LogP contribution in [0.25, 0.3) is 0 Å². The maximum absolute atomic E-state index is 14.1. The minimum absolute atomic E-state index is 0.00470. The van der Waals surface area contributed by atoms with E-state index in [9.17, 15) is 27.6 Å². The van der Waals surface area contributed by atoms with Gasteiger partial charge >= 0.3 is 6.09 Å². The number of nitrogens with zero attached hydrogens (tertiary/aromatic N) is 3. The van der Waals surface area contributed by atoms with Crippen molar-refractivity contribution in [3.8, 4) is 6.07 Å². The first-order chi connectivity index (χ1) is 18.5. The average molecular weight is 565 g/mol. The molecule has 0 spiro atoms. The first-order valence-electron chi connectivity index (χ1n) is 13.5. The topological polar surface area (TPSA) is 206 Å². The molecule has 1 saturated heterocycles. The zero-order chi connectivity index (χ0) is 28.4. The fraction of sp³-hybridized carbons (Fsp3) is 0.720. The molecule has 2 saturated carbocycles. The molecule has 0 bridgehead atoms. The molecule has 0 aromatic heterocycles. The van der Waals surface area contributed by atoms with Crippen LogP contribution in [0.2, 0.25) is 0 Å². The molecule has 2 heterocycles. The number of nitriles is 1. The number of fused-ring (bicyclic) bond motifs is 2. The Hall–Kier alpha value is -3.18. The van der Waals surface area contributed by atoms with Crippen LogP contribution in [-0.2, 0) is 29.1 Å². The third-order valence-electron chi connectivity index (χ3n) is 8.12. The molecule has 2 aliphatic heterocycles. The van der Waals surface area contributed by atoms with Gasteiger partial charge in [-0.2, -0.15) is 9.57 Å². The summed E-state index contributed by atoms with van der Waals surface area (Å²) in [6.45, 7) is -0.0114. The highest BCUT2D eigenvalue weighted by molar-refractivity contribution is 7.90. The van der Waals surface area contributed by atoms with Gasteiger partial charge in [0.25, 0.3) is 17.7 Å². The summed E-state index contributed by atoms with van der Waals surface area (Å²) in [5, 5.41) is 11.8. The Morgan fingerprint density at radius 2 is 1.92 bits per heavy atom. The molecule has 14 heteroatoms. The Kier molecular flexibility index (Phi) is 8.22. The van der Waals surface area contributed by atoms with Gasteiger partial charge in [-0.05, 0) is 57.8 Å². The number of hydrogen-bond donors (Lipinski definition) is 3. The second-order valence-electron chi connectivity index (χ2n) is 10.7. The number of allylic oxidation sites excluding steroid dienone is 1. The predicted octanol–water partition coefficient (Wildman–Crippen LogP) is 0.357. The fourth-order valence-electron chi connectivity index (χ4n) is 5.82. The molecule has 4 atom stereocenters. The first-order valence-corrected chi connectivity index (χ1v) is 14.9. The van der Waals surface area contributed by atoms with E-state index in [0.29, 0.717) is 32.1 Å². The molecule has 39 heavy (non-hydrogen) atoms. The molecule has 13 nitrogen and oxygen atoms in total. The van der Waals surface area contributed by atoms with Gasteiger partial charge in [0.15, 0.2) is 11.0 Å². The van der Waals surface area contributed by atoms with E-state index in [1.165, 1.54) is 4.31 Å². The number of rotatable bonds is 7. The minimum atomic E-state index is -4.17. The Morgan fingerprint density at radius 1 is 1.18 bits per heavy atom. The molecule has 5 N–H and O–H groups in total. The van der Waals surface area contributed by atoms with Crippen molar-refractivity contribution in [3.63, 3.8) is 0 Å². The van der Waals surface area contributed by atoms with E-state index in [2.05, 4.69) is 5.32 Å². The highest BCUT2D eigenvalue weighted by Crippen LogP contribution is 2.52. The van der Waals surface area contributed by atoms with Crippen LogP contribution < -0.4 is 16.8 Å². The van der Waals surface area contributed by atoms with Crippen molar-refractivity contribution in [1.82, 2.24) is 14.5 Å². The summed E-state index contributed by atoms with van der Waals surface area (Å²) in [6.07, 6.45) is 5.49. The minimum Gasteiger partial charge on any atom is -0.436 e. The van der Waals surface area contributed by atoms with Crippen molar-refractivity contribution in [2.45, 2.75) is 93.2 Å². The number of hydrogen-bond acceptors (Lipinski definition) is 8. The predicted molar refractivity (Wildman–Crippen MR) is 137 cm³/mol. The smallest absolute Gasteiger partial charge is 0.405 e. The number of primary amides is 2. The van der Waals surface area contributed by atoms with Crippen molar-refractivity contribution < 1.29 is 32.3 Å². The van der Waals surface area contributed by atoms with E-state index < -0.39 is 56.3 Å². The second kappa shape index (κ2) is 11.1. The van der Waals surface area contributed by atoms with Gasteiger partial charge in [0.1, 0.15) is 0 Å². The zero-order valence-corrected chi connectivity index (χ0v) is 22.7. The number of carbonyl (C=O) groups excluding carboxylic acids is 4. The summed E-state index contributed by atoms with van der Waals surface area (Å²) in [6, 6.07) is 1.73. The standard InChI is InChI=1S/C25H36N6O7S/c26-13-7-15-31(18-10-11-18)39(36,37)25-16-17(25)8-4-2-1-3-5-9-19(38-23(28)35)20(32)30-14-6-12-24(30,21(27)33)22(34)29-25/h4,8,17-19H,1-3,5-7,9-12,14-16H2,(H2,27,33)(H2,28,35)(H,29,34). The lowest BCUT2D eigenvalue weighted by Crippen LogP contribution is -2.68. The molecule has 0 aromatic carbocycles. The largest absolute Gasteiger partial charge is 0.436 e. The van der Waals surface area contributed by atoms with Crippen molar-refractivity contribution in [2.75, 3.05) is 13.1 Å². The molecular formula is C25H36N6O7S. The molecule has 2 aliphatic carbocycles. The average Bonchev–Trinajstić information content (AvgIpc) is 3.78. The van der Waals surface area contributed by atoms with Gasteiger partial charge in [0.05, 0.1) is 6.07 Å². The quantitative estimate of drug-likeness (QED) is 0.290. The van der Waals surface area contributed by atoms with Crippen LogP contribution in [0.5, 0.6) is 0 Å². The van der Waals surface area contributed by atoms with Crippen LogP contribution >= 0.6 is 0 Å². The highest BCUT2D eigenvalue weighted by atomic mass is 32.2. The van der Waals surface area contributed by atoms with E-state index in [4.69, 9.17) is 21.5 Å². The summed E-state index contributed by atoms with van der Waals surface area (Å²) >= 11 is 0. The molecule has 4 amide bonds. The Balaban J connectivity index is 1.75. The van der Waals surface area contributed by atoms with Crippen LogP contribution in [0.4, 0.5) is 4.79 Å². The van der Waals surface area contributed by atoms with E-state index >= 15 is 0 Å². The molecule has 0 aromatic rings. The van der Waals surface area contributed by atoms with E-state index in [-0.39, 0.29) is 51.2 Å². The van der Waals surface area contributed by atoms with Gasteiger partial charge in [0.2, 0.25) is 15.6 Å². The van der Waals surface area contributed by atoms with Gasteiger partial charge in [0, 0.05) is 31.5 Å². The normalized spacial score (nSPS) is 31.7. The SMILES string of the molecule is N#CCCN(C1CC1)S(=O)(=O)C12CC1C=CCCCCCC(OC(N)=O)C(=O)N1CCCC1(C(N)=O)C(=O)N2. The van der Waals surface area contributed by atoms with Crippen LogP contribution in [0.15, 0.2) is 12.2 Å². The molecule has 4 aliphatic rings. The first kappa shape index (κ1) is 28.8. The van der Waals surface area contributed by atoms with Crippen LogP contribution in [0.1, 0.15) is 70.6 Å². The monoisotopic (exact) mass is 564 g/mol. The summed E-state index contributed by atoms with van der Waals surface area (Å²) in [7, 11) is -4.17. The van der Waals surface area contributed by atoms with Crippen LogP contribution in [0, 0.1) is 17.2 Å².